The number of carbonyl (C=O) groups excluding carboxylic acids is 1. The van der Waals surface area contributed by atoms with Crippen molar-refractivity contribution in [1.82, 2.24) is 4.90 Å². The van der Waals surface area contributed by atoms with E-state index in [-0.39, 0.29) is 23.8 Å². The Morgan fingerprint density at radius 3 is 2.42 bits per heavy atom. The Labute approximate surface area is 138 Å². The molecule has 8 heteroatoms. The zero-order valence-electron chi connectivity index (χ0n) is 12.8. The molecule has 0 fully saturated rings. The summed E-state index contributed by atoms with van der Waals surface area (Å²) >= 11 is 0. The van der Waals surface area contributed by atoms with Crippen LogP contribution in [0.5, 0.6) is 0 Å². The third-order valence-electron chi connectivity index (χ3n) is 3.95. The monoisotopic (exact) mass is 349 g/mol. The van der Waals surface area contributed by atoms with Crippen LogP contribution in [0.1, 0.15) is 21.7 Å². The summed E-state index contributed by atoms with van der Waals surface area (Å²) in [6, 6.07) is 8.71. The molecule has 0 aliphatic carbocycles. The normalized spacial score (nSPS) is 17.4. The summed E-state index contributed by atoms with van der Waals surface area (Å²) < 4.78 is 28.0. The van der Waals surface area contributed by atoms with Crippen molar-refractivity contribution in [3.63, 3.8) is 0 Å². The van der Waals surface area contributed by atoms with Crippen LogP contribution in [0, 0.1) is 0 Å². The van der Waals surface area contributed by atoms with Crippen LogP contribution in [-0.2, 0) is 27.6 Å². The van der Waals surface area contributed by atoms with Gasteiger partial charge in [-0.15, -0.1) is 0 Å². The van der Waals surface area contributed by atoms with E-state index in [0.29, 0.717) is 0 Å². The molecule has 0 spiro atoms. The predicted octanol–water partition coefficient (Wildman–Crippen LogP) is 1.33. The second-order valence-electron chi connectivity index (χ2n) is 5.65. The molecule has 1 N–H and O–H groups in total. The molecular formula is C16H15NO6S. The van der Waals surface area contributed by atoms with Gasteiger partial charge < -0.3 is 14.4 Å². The fourth-order valence-corrected chi connectivity index (χ4v) is 3.29. The third kappa shape index (κ3) is 2.92. The lowest BCUT2D eigenvalue weighted by Crippen LogP contribution is -2.48. The van der Waals surface area contributed by atoms with Crippen LogP contribution in [-0.4, -0.2) is 42.6 Å². The summed E-state index contributed by atoms with van der Waals surface area (Å²) in [6.07, 6.45) is 1.16. The molecule has 1 atom stereocenters. The van der Waals surface area contributed by atoms with Crippen molar-refractivity contribution in [2.24, 2.45) is 0 Å². The number of hydrogen-bond acceptors (Lipinski definition) is 5. The number of carbonyl (C=O) groups is 2. The number of hydrogen-bond donors (Lipinski definition) is 1. The quantitative estimate of drug-likeness (QED) is 0.896. The maximum absolute atomic E-state index is 12.6. The number of fused-ring (bicyclic) bond motifs is 1. The van der Waals surface area contributed by atoms with E-state index in [1.54, 1.807) is 0 Å². The van der Waals surface area contributed by atoms with E-state index < -0.39 is 27.8 Å². The molecule has 7 nitrogen and oxygen atoms in total. The lowest BCUT2D eigenvalue weighted by molar-refractivity contribution is -0.142. The highest BCUT2D eigenvalue weighted by Crippen LogP contribution is 2.26. The van der Waals surface area contributed by atoms with Gasteiger partial charge in [0.05, 0.1) is 0 Å². The number of benzene rings is 1. The van der Waals surface area contributed by atoms with Gasteiger partial charge in [0.2, 0.25) is 14.9 Å². The number of aliphatic carboxylic acids is 1. The van der Waals surface area contributed by atoms with Crippen LogP contribution < -0.4 is 0 Å². The number of carboxylic acid groups (broad SMARTS) is 1. The number of furan rings is 1. The number of amides is 1. The molecular weight excluding hydrogens is 334 g/mol. The molecule has 1 aliphatic rings. The van der Waals surface area contributed by atoms with E-state index >= 15 is 0 Å². The third-order valence-corrected chi connectivity index (χ3v) is 4.90. The van der Waals surface area contributed by atoms with Gasteiger partial charge in [-0.25, -0.2) is 13.2 Å². The average molecular weight is 349 g/mol. The van der Waals surface area contributed by atoms with E-state index in [9.17, 15) is 23.1 Å². The van der Waals surface area contributed by atoms with Crippen molar-refractivity contribution in [2.75, 3.05) is 6.26 Å². The first kappa shape index (κ1) is 16.3. The molecule has 3 rings (SSSR count). The maximum Gasteiger partial charge on any atom is 0.326 e. The molecule has 1 aromatic heterocycles. The molecule has 0 saturated heterocycles. The average Bonchev–Trinajstić information content (AvgIpc) is 3.03. The minimum absolute atomic E-state index is 0.126. The SMILES string of the molecule is CS(=O)(=O)c1ccc(C(=O)N2Cc3ccccc3CC2C(=O)O)o1. The fraction of sp³-hybridized carbons (Fsp3) is 0.250. The van der Waals surface area contributed by atoms with Crippen molar-refractivity contribution in [3.8, 4) is 0 Å². The Morgan fingerprint density at radius 1 is 1.17 bits per heavy atom. The smallest absolute Gasteiger partial charge is 0.326 e. The van der Waals surface area contributed by atoms with Crippen molar-refractivity contribution in [1.29, 1.82) is 0 Å². The van der Waals surface area contributed by atoms with Crippen molar-refractivity contribution in [2.45, 2.75) is 24.1 Å². The lowest BCUT2D eigenvalue weighted by atomic mass is 9.94. The highest BCUT2D eigenvalue weighted by Gasteiger charge is 2.36. The lowest BCUT2D eigenvalue weighted by Gasteiger charge is -2.33. The van der Waals surface area contributed by atoms with Gasteiger partial charge in [0.25, 0.3) is 5.91 Å². The molecule has 1 amide bonds. The highest BCUT2D eigenvalue weighted by molar-refractivity contribution is 7.90. The number of nitrogens with zero attached hydrogens (tertiary/aromatic N) is 1. The van der Waals surface area contributed by atoms with E-state index in [1.165, 1.54) is 17.0 Å². The second kappa shape index (κ2) is 5.79. The Balaban J connectivity index is 1.95. The van der Waals surface area contributed by atoms with Crippen LogP contribution in [0.15, 0.2) is 45.9 Å². The number of carboxylic acids is 1. The standard InChI is InChI=1S/C16H15NO6S/c1-24(21,22)14-7-6-13(23-14)15(18)17-9-11-5-3-2-4-10(11)8-12(17)16(19)20/h2-7,12H,8-9H2,1H3,(H,19,20). The molecule has 2 aromatic rings. The minimum Gasteiger partial charge on any atom is -0.480 e. The van der Waals surface area contributed by atoms with Crippen LogP contribution in [0.3, 0.4) is 0 Å². The van der Waals surface area contributed by atoms with Crippen LogP contribution in [0.4, 0.5) is 0 Å². The molecule has 24 heavy (non-hydrogen) atoms. The van der Waals surface area contributed by atoms with Gasteiger partial charge in [0, 0.05) is 19.2 Å². The van der Waals surface area contributed by atoms with Gasteiger partial charge in [-0.05, 0) is 23.3 Å². The van der Waals surface area contributed by atoms with Crippen molar-refractivity contribution >= 4 is 21.7 Å². The zero-order chi connectivity index (χ0) is 17.5. The topological polar surface area (TPSA) is 105 Å². The minimum atomic E-state index is -3.58. The van der Waals surface area contributed by atoms with Crippen molar-refractivity contribution < 1.29 is 27.5 Å². The molecule has 2 heterocycles. The van der Waals surface area contributed by atoms with Crippen LogP contribution >= 0.6 is 0 Å². The maximum atomic E-state index is 12.6. The Hall–Kier alpha value is -2.61. The molecule has 0 saturated carbocycles. The molecule has 1 unspecified atom stereocenters. The van der Waals surface area contributed by atoms with Gasteiger partial charge >= 0.3 is 5.97 Å². The van der Waals surface area contributed by atoms with Crippen LogP contribution in [0.2, 0.25) is 0 Å². The Kier molecular flexibility index (Phi) is 3.92. The fourth-order valence-electron chi connectivity index (χ4n) is 2.73. The van der Waals surface area contributed by atoms with E-state index in [4.69, 9.17) is 4.42 Å². The summed E-state index contributed by atoms with van der Waals surface area (Å²) in [6.45, 7) is 0.126. The van der Waals surface area contributed by atoms with E-state index in [0.717, 1.165) is 17.4 Å². The first-order valence-electron chi connectivity index (χ1n) is 7.18. The van der Waals surface area contributed by atoms with Gasteiger partial charge in [-0.3, -0.25) is 4.79 Å². The summed E-state index contributed by atoms with van der Waals surface area (Å²) in [5.74, 6) is -1.96. The molecule has 1 aliphatic heterocycles. The Bertz CT molecular complexity index is 914. The first-order valence-corrected chi connectivity index (χ1v) is 9.07. The Morgan fingerprint density at radius 2 is 1.83 bits per heavy atom. The molecule has 0 bridgehead atoms. The number of sulfone groups is 1. The van der Waals surface area contributed by atoms with Gasteiger partial charge in [0.15, 0.2) is 5.76 Å². The molecule has 126 valence electrons. The van der Waals surface area contributed by atoms with Crippen molar-refractivity contribution in [3.05, 3.63) is 53.3 Å². The predicted molar refractivity (Wildman–Crippen MR) is 83.3 cm³/mol. The number of rotatable bonds is 3. The van der Waals surface area contributed by atoms with Crippen LogP contribution in [0.25, 0.3) is 0 Å². The van der Waals surface area contributed by atoms with Gasteiger partial charge in [0.1, 0.15) is 6.04 Å². The first-order chi connectivity index (χ1) is 11.3. The largest absolute Gasteiger partial charge is 0.480 e. The second-order valence-corrected chi connectivity index (χ2v) is 7.60. The molecule has 1 aromatic carbocycles. The summed E-state index contributed by atoms with van der Waals surface area (Å²) in [5, 5.41) is 9.12. The van der Waals surface area contributed by atoms with Gasteiger partial charge in [-0.1, -0.05) is 24.3 Å². The highest BCUT2D eigenvalue weighted by atomic mass is 32.2. The summed E-state index contributed by atoms with van der Waals surface area (Å²) in [7, 11) is -3.58. The van der Waals surface area contributed by atoms with E-state index in [2.05, 4.69) is 0 Å². The zero-order valence-corrected chi connectivity index (χ0v) is 13.6. The summed E-state index contributed by atoms with van der Waals surface area (Å²) in [5.41, 5.74) is 1.74. The molecule has 0 radical (unpaired) electrons. The summed E-state index contributed by atoms with van der Waals surface area (Å²) in [4.78, 5) is 25.4. The van der Waals surface area contributed by atoms with Gasteiger partial charge in [-0.2, -0.15) is 0 Å². The van der Waals surface area contributed by atoms with E-state index in [1.807, 2.05) is 24.3 Å².